The fourth-order valence-electron chi connectivity index (χ4n) is 3.33. The number of rotatable bonds is 6. The Hall–Kier alpha value is -0.870. The molecule has 0 amide bonds. The van der Waals surface area contributed by atoms with Crippen LogP contribution in [0.1, 0.15) is 36.7 Å². The van der Waals surface area contributed by atoms with Gasteiger partial charge in [0, 0.05) is 50.1 Å². The van der Waals surface area contributed by atoms with Gasteiger partial charge in [-0.3, -0.25) is 4.68 Å². The highest BCUT2D eigenvalue weighted by molar-refractivity contribution is 14.0. The van der Waals surface area contributed by atoms with Crippen molar-refractivity contribution in [2.45, 2.75) is 45.7 Å². The van der Waals surface area contributed by atoms with E-state index in [2.05, 4.69) is 48.6 Å². The monoisotopic (exact) mass is 478 g/mol. The quantitative estimate of drug-likeness (QED) is 0.371. The van der Waals surface area contributed by atoms with Gasteiger partial charge in [-0.25, -0.2) is 4.99 Å². The Kier molecular flexibility index (Phi) is 9.32. The Balaban J connectivity index is 0.00000338. The standard InChI is InChI=1S/C18H34N6O.HI/c1-7-19-17(20-12-16-14(2)22-24(6)15(16)3)21-13-18(23(4)5)8-10-25-11-9-18;/h7-13H2,1-6H3,(H2,19,20,21);1H. The van der Waals surface area contributed by atoms with Crippen molar-refractivity contribution in [1.29, 1.82) is 0 Å². The summed E-state index contributed by atoms with van der Waals surface area (Å²) in [5, 5.41) is 11.4. The third-order valence-electron chi connectivity index (χ3n) is 5.36. The van der Waals surface area contributed by atoms with Crippen LogP contribution in [0.25, 0.3) is 0 Å². The van der Waals surface area contributed by atoms with Gasteiger partial charge in [-0.2, -0.15) is 5.10 Å². The molecule has 1 aromatic heterocycles. The van der Waals surface area contributed by atoms with Gasteiger partial charge in [-0.1, -0.05) is 0 Å². The third-order valence-corrected chi connectivity index (χ3v) is 5.36. The molecule has 1 aromatic rings. The zero-order valence-electron chi connectivity index (χ0n) is 17.1. The molecule has 7 nitrogen and oxygen atoms in total. The lowest BCUT2D eigenvalue weighted by atomic mass is 9.88. The van der Waals surface area contributed by atoms with E-state index in [0.29, 0.717) is 6.54 Å². The van der Waals surface area contributed by atoms with E-state index in [1.807, 2.05) is 18.7 Å². The molecule has 1 aliphatic rings. The van der Waals surface area contributed by atoms with Crippen LogP contribution < -0.4 is 10.6 Å². The fraction of sp³-hybridized carbons (Fsp3) is 0.778. The van der Waals surface area contributed by atoms with Crippen molar-refractivity contribution in [3.63, 3.8) is 0 Å². The highest BCUT2D eigenvalue weighted by atomic mass is 127. The number of hydrogen-bond acceptors (Lipinski definition) is 4. The molecular formula is C18H35IN6O. The van der Waals surface area contributed by atoms with Crippen molar-refractivity contribution < 1.29 is 4.74 Å². The number of ether oxygens (including phenoxy) is 1. The van der Waals surface area contributed by atoms with Gasteiger partial charge in [0.1, 0.15) is 0 Å². The van der Waals surface area contributed by atoms with E-state index in [1.54, 1.807) is 0 Å². The summed E-state index contributed by atoms with van der Waals surface area (Å²) in [6.07, 6.45) is 2.07. The molecule has 0 radical (unpaired) electrons. The van der Waals surface area contributed by atoms with Gasteiger partial charge in [0.25, 0.3) is 0 Å². The van der Waals surface area contributed by atoms with Gasteiger partial charge < -0.3 is 20.3 Å². The van der Waals surface area contributed by atoms with E-state index in [-0.39, 0.29) is 29.5 Å². The second-order valence-electron chi connectivity index (χ2n) is 7.05. The Morgan fingerprint density at radius 1 is 1.27 bits per heavy atom. The lowest BCUT2D eigenvalue weighted by Gasteiger charge is -2.43. The number of guanidine groups is 1. The smallest absolute Gasteiger partial charge is 0.191 e. The highest BCUT2D eigenvalue weighted by Gasteiger charge is 2.34. The van der Waals surface area contributed by atoms with E-state index in [1.165, 1.54) is 11.3 Å². The first-order valence-corrected chi connectivity index (χ1v) is 9.16. The molecule has 0 unspecified atom stereocenters. The first-order chi connectivity index (χ1) is 11.9. The van der Waals surface area contributed by atoms with Crippen LogP contribution in [0.2, 0.25) is 0 Å². The fourth-order valence-corrected chi connectivity index (χ4v) is 3.33. The van der Waals surface area contributed by atoms with Crippen LogP contribution in [-0.2, 0) is 18.3 Å². The van der Waals surface area contributed by atoms with Gasteiger partial charge in [-0.15, -0.1) is 24.0 Å². The number of hydrogen-bond donors (Lipinski definition) is 2. The van der Waals surface area contributed by atoms with Crippen molar-refractivity contribution >= 4 is 29.9 Å². The number of likely N-dealkylation sites (N-methyl/N-ethyl adjacent to an activating group) is 1. The maximum absolute atomic E-state index is 5.55. The minimum Gasteiger partial charge on any atom is -0.381 e. The van der Waals surface area contributed by atoms with Crippen LogP contribution in [0.5, 0.6) is 0 Å². The molecule has 1 aliphatic heterocycles. The molecule has 8 heteroatoms. The van der Waals surface area contributed by atoms with Crippen LogP contribution in [0, 0.1) is 13.8 Å². The Morgan fingerprint density at radius 2 is 1.92 bits per heavy atom. The summed E-state index contributed by atoms with van der Waals surface area (Å²) in [7, 11) is 6.28. The van der Waals surface area contributed by atoms with Gasteiger partial charge in [-0.05, 0) is 47.7 Å². The van der Waals surface area contributed by atoms with Crippen LogP contribution in [0.4, 0.5) is 0 Å². The average Bonchev–Trinajstić information content (AvgIpc) is 2.83. The Morgan fingerprint density at radius 3 is 2.42 bits per heavy atom. The van der Waals surface area contributed by atoms with Crippen molar-refractivity contribution in [2.24, 2.45) is 12.0 Å². The van der Waals surface area contributed by atoms with E-state index in [0.717, 1.165) is 50.8 Å². The SMILES string of the molecule is CCNC(=NCc1c(C)nn(C)c1C)NCC1(N(C)C)CCOCC1.I. The molecule has 2 N–H and O–H groups in total. The second-order valence-corrected chi connectivity index (χ2v) is 7.05. The summed E-state index contributed by atoms with van der Waals surface area (Å²) in [4.78, 5) is 7.11. The number of aromatic nitrogens is 2. The number of aryl methyl sites for hydroxylation is 2. The molecule has 150 valence electrons. The molecule has 0 bridgehead atoms. The number of nitrogens with one attached hydrogen (secondary N) is 2. The van der Waals surface area contributed by atoms with E-state index in [9.17, 15) is 0 Å². The maximum atomic E-state index is 5.55. The molecule has 0 aromatic carbocycles. The predicted octanol–water partition coefficient (Wildman–Crippen LogP) is 1.82. The summed E-state index contributed by atoms with van der Waals surface area (Å²) in [5.41, 5.74) is 3.54. The van der Waals surface area contributed by atoms with Gasteiger partial charge in [0.05, 0.1) is 12.2 Å². The summed E-state index contributed by atoms with van der Waals surface area (Å²) in [6, 6.07) is 0. The van der Waals surface area contributed by atoms with Crippen LogP contribution in [0.15, 0.2) is 4.99 Å². The predicted molar refractivity (Wildman–Crippen MR) is 117 cm³/mol. The van der Waals surface area contributed by atoms with Gasteiger partial charge in [0.15, 0.2) is 5.96 Å². The van der Waals surface area contributed by atoms with E-state index in [4.69, 9.17) is 9.73 Å². The summed E-state index contributed by atoms with van der Waals surface area (Å²) in [5.74, 6) is 0.859. The van der Waals surface area contributed by atoms with Gasteiger partial charge in [0.2, 0.25) is 0 Å². The summed E-state index contributed by atoms with van der Waals surface area (Å²) >= 11 is 0. The first kappa shape index (κ1) is 23.2. The number of nitrogens with zero attached hydrogens (tertiary/aromatic N) is 4. The zero-order chi connectivity index (χ0) is 18.4. The number of aliphatic imine (C=N–C) groups is 1. The molecule has 1 saturated heterocycles. The minimum atomic E-state index is 0. The molecule has 2 rings (SSSR count). The van der Waals surface area contributed by atoms with Crippen LogP contribution in [-0.4, -0.2) is 66.6 Å². The van der Waals surface area contributed by atoms with Crippen molar-refractivity contribution in [3.05, 3.63) is 17.0 Å². The molecule has 26 heavy (non-hydrogen) atoms. The van der Waals surface area contributed by atoms with Crippen molar-refractivity contribution in [3.8, 4) is 0 Å². The molecule has 0 spiro atoms. The Bertz CT molecular complexity index is 593. The molecule has 2 heterocycles. The normalized spacial score (nSPS) is 17.1. The average molecular weight is 478 g/mol. The molecule has 0 aliphatic carbocycles. The third kappa shape index (κ3) is 5.56. The van der Waals surface area contributed by atoms with E-state index >= 15 is 0 Å². The zero-order valence-corrected chi connectivity index (χ0v) is 19.4. The highest BCUT2D eigenvalue weighted by Crippen LogP contribution is 2.25. The molecule has 1 fully saturated rings. The van der Waals surface area contributed by atoms with Crippen molar-refractivity contribution in [1.82, 2.24) is 25.3 Å². The largest absolute Gasteiger partial charge is 0.381 e. The first-order valence-electron chi connectivity index (χ1n) is 9.16. The van der Waals surface area contributed by atoms with E-state index < -0.39 is 0 Å². The van der Waals surface area contributed by atoms with Crippen molar-refractivity contribution in [2.75, 3.05) is 40.4 Å². The van der Waals surface area contributed by atoms with Crippen LogP contribution >= 0.6 is 24.0 Å². The summed E-state index contributed by atoms with van der Waals surface area (Å²) < 4.78 is 7.47. The minimum absolute atomic E-state index is 0. The molecule has 0 saturated carbocycles. The lowest BCUT2D eigenvalue weighted by Crippen LogP contribution is -2.57. The number of halogens is 1. The lowest BCUT2D eigenvalue weighted by molar-refractivity contribution is -0.00501. The second kappa shape index (κ2) is 10.5. The van der Waals surface area contributed by atoms with Gasteiger partial charge >= 0.3 is 0 Å². The summed E-state index contributed by atoms with van der Waals surface area (Å²) in [6.45, 7) is 10.2. The Labute approximate surface area is 175 Å². The molecule has 0 atom stereocenters. The molecular weight excluding hydrogens is 443 g/mol. The van der Waals surface area contributed by atoms with Crippen LogP contribution in [0.3, 0.4) is 0 Å². The maximum Gasteiger partial charge on any atom is 0.191 e. The topological polar surface area (TPSA) is 66.7 Å².